The summed E-state index contributed by atoms with van der Waals surface area (Å²) >= 11 is 1.00. The molecule has 30 heavy (non-hydrogen) atoms. The van der Waals surface area contributed by atoms with Crippen LogP contribution in [0.4, 0.5) is 10.5 Å². The number of amides is 3. The number of imide groups is 1. The van der Waals surface area contributed by atoms with Gasteiger partial charge in [-0.15, -0.1) is 0 Å². The molecule has 0 spiro atoms. The minimum atomic E-state index is -0.254. The largest absolute Gasteiger partial charge is 0.467 e. The highest BCUT2D eigenvalue weighted by atomic mass is 32.2. The molecule has 0 bridgehead atoms. The Morgan fingerprint density at radius 2 is 1.90 bits per heavy atom. The first kappa shape index (κ1) is 20.0. The van der Waals surface area contributed by atoms with Crippen molar-refractivity contribution in [1.29, 1.82) is 0 Å². The van der Waals surface area contributed by atoms with Crippen molar-refractivity contribution in [3.8, 4) is 0 Å². The fourth-order valence-electron chi connectivity index (χ4n) is 3.24. The molecule has 0 aliphatic carbocycles. The maximum atomic E-state index is 13.4. The molecule has 0 atom stereocenters. The Hall–Kier alpha value is -3.32. The van der Waals surface area contributed by atoms with E-state index in [1.54, 1.807) is 35.4 Å². The summed E-state index contributed by atoms with van der Waals surface area (Å²) in [7, 11) is 0. The molecule has 1 fully saturated rings. The molecule has 2 aromatic carbocycles. The summed E-state index contributed by atoms with van der Waals surface area (Å²) < 4.78 is 5.45. The number of benzene rings is 2. The Morgan fingerprint density at radius 1 is 1.10 bits per heavy atom. The van der Waals surface area contributed by atoms with Gasteiger partial charge in [-0.25, -0.2) is 0 Å². The van der Waals surface area contributed by atoms with Crippen LogP contribution in [0.5, 0.6) is 0 Å². The summed E-state index contributed by atoms with van der Waals surface area (Å²) in [5, 5.41) is -0.254. The fourth-order valence-corrected chi connectivity index (χ4v) is 3.96. The van der Waals surface area contributed by atoms with Crippen LogP contribution in [0.3, 0.4) is 0 Å². The number of thioether (sulfide) groups is 1. The molecule has 152 valence electrons. The van der Waals surface area contributed by atoms with Gasteiger partial charge in [0.25, 0.3) is 11.1 Å². The quantitative estimate of drug-likeness (QED) is 0.581. The lowest BCUT2D eigenvalue weighted by Gasteiger charge is -2.23. The van der Waals surface area contributed by atoms with Crippen molar-refractivity contribution in [3.63, 3.8) is 0 Å². The number of rotatable bonds is 6. The topological polar surface area (TPSA) is 70.8 Å². The lowest BCUT2D eigenvalue weighted by molar-refractivity contribution is -0.125. The fraction of sp³-hybridized carbons (Fsp3) is 0.174. The van der Waals surface area contributed by atoms with Crippen molar-refractivity contribution >= 4 is 34.5 Å². The summed E-state index contributed by atoms with van der Waals surface area (Å²) in [6, 6.07) is 18.4. The molecule has 1 aliphatic rings. The maximum Gasteiger partial charge on any atom is 0.289 e. The van der Waals surface area contributed by atoms with Gasteiger partial charge in [-0.2, -0.15) is 0 Å². The number of carbonyl (C=O) groups excluding carboxylic acids is 3. The molecule has 2 heterocycles. The summed E-state index contributed by atoms with van der Waals surface area (Å²) in [5.41, 5.74) is 3.07. The van der Waals surface area contributed by atoms with E-state index >= 15 is 0 Å². The van der Waals surface area contributed by atoms with Crippen molar-refractivity contribution in [2.24, 2.45) is 0 Å². The molecule has 1 aliphatic heterocycles. The van der Waals surface area contributed by atoms with E-state index in [9.17, 15) is 14.4 Å². The molecule has 7 heteroatoms. The first-order valence-corrected chi connectivity index (χ1v) is 10.5. The smallest absolute Gasteiger partial charge is 0.289 e. The van der Waals surface area contributed by atoms with Crippen LogP contribution in [0.15, 0.2) is 71.3 Å². The molecular weight excluding hydrogens is 400 g/mol. The van der Waals surface area contributed by atoms with Crippen LogP contribution < -0.4 is 4.90 Å². The second kappa shape index (κ2) is 8.59. The zero-order valence-corrected chi connectivity index (χ0v) is 17.2. The molecule has 4 rings (SSSR count). The normalized spacial score (nSPS) is 13.7. The standard InChI is InChI=1S/C23H20N2O4S/c1-16-7-9-19(10-8-16)24(14-20-6-3-11-29-20)22(27)18-5-2-4-17(12-18)13-25-21(26)15-30-23(25)28/h2-12H,13-15H2,1H3. The number of nitrogens with zero attached hydrogens (tertiary/aromatic N) is 2. The summed E-state index contributed by atoms with van der Waals surface area (Å²) in [5.74, 6) is 0.443. The van der Waals surface area contributed by atoms with Crippen molar-refractivity contribution in [3.05, 3.63) is 89.4 Å². The van der Waals surface area contributed by atoms with E-state index in [1.807, 2.05) is 43.3 Å². The molecule has 6 nitrogen and oxygen atoms in total. The number of hydrogen-bond donors (Lipinski definition) is 0. The Balaban J connectivity index is 1.61. The average molecular weight is 420 g/mol. The van der Waals surface area contributed by atoms with Gasteiger partial charge in [-0.3, -0.25) is 19.3 Å². The van der Waals surface area contributed by atoms with Crippen LogP contribution in [-0.4, -0.2) is 27.7 Å². The van der Waals surface area contributed by atoms with E-state index in [-0.39, 0.29) is 29.4 Å². The molecule has 1 saturated heterocycles. The van der Waals surface area contributed by atoms with Crippen molar-refractivity contribution in [2.75, 3.05) is 10.7 Å². The van der Waals surface area contributed by atoms with Crippen molar-refractivity contribution in [1.82, 2.24) is 4.90 Å². The minimum Gasteiger partial charge on any atom is -0.467 e. The van der Waals surface area contributed by atoms with Gasteiger partial charge in [0.1, 0.15) is 5.76 Å². The van der Waals surface area contributed by atoms with Gasteiger partial charge in [-0.1, -0.05) is 41.6 Å². The van der Waals surface area contributed by atoms with E-state index in [0.29, 0.717) is 17.9 Å². The zero-order chi connectivity index (χ0) is 21.1. The van der Waals surface area contributed by atoms with Gasteiger partial charge in [-0.05, 0) is 48.9 Å². The van der Waals surface area contributed by atoms with Gasteiger partial charge in [0.2, 0.25) is 5.91 Å². The van der Waals surface area contributed by atoms with Crippen molar-refractivity contribution in [2.45, 2.75) is 20.0 Å². The van der Waals surface area contributed by atoms with Crippen LogP contribution in [-0.2, 0) is 17.9 Å². The SMILES string of the molecule is Cc1ccc(N(Cc2ccco2)C(=O)c2cccc(CN3C(=O)CSC3=O)c2)cc1. The molecular formula is C23H20N2O4S. The van der Waals surface area contributed by atoms with Crippen LogP contribution in [0, 0.1) is 6.92 Å². The highest BCUT2D eigenvalue weighted by Crippen LogP contribution is 2.24. The van der Waals surface area contributed by atoms with Crippen LogP contribution in [0.1, 0.15) is 27.2 Å². The highest BCUT2D eigenvalue weighted by molar-refractivity contribution is 8.14. The number of anilines is 1. The van der Waals surface area contributed by atoms with Gasteiger partial charge in [0.05, 0.1) is 25.1 Å². The number of hydrogen-bond acceptors (Lipinski definition) is 5. The third kappa shape index (κ3) is 4.31. The Labute approximate surface area is 178 Å². The van der Waals surface area contributed by atoms with E-state index in [0.717, 1.165) is 28.6 Å². The average Bonchev–Trinajstić information content (AvgIpc) is 3.38. The predicted octanol–water partition coefficient (Wildman–Crippen LogP) is 4.63. The summed E-state index contributed by atoms with van der Waals surface area (Å²) in [4.78, 5) is 40.1. The Bertz CT molecular complexity index is 1060. The lowest BCUT2D eigenvalue weighted by atomic mass is 10.1. The molecule has 0 unspecified atom stereocenters. The molecule has 3 amide bonds. The van der Waals surface area contributed by atoms with E-state index in [2.05, 4.69) is 0 Å². The summed E-state index contributed by atoms with van der Waals surface area (Å²) in [6.45, 7) is 2.44. The number of carbonyl (C=O) groups is 3. The van der Waals surface area contributed by atoms with Crippen LogP contribution in [0.2, 0.25) is 0 Å². The number of aryl methyl sites for hydroxylation is 1. The lowest BCUT2D eigenvalue weighted by Crippen LogP contribution is -2.31. The molecule has 3 aromatic rings. The predicted molar refractivity (Wildman–Crippen MR) is 115 cm³/mol. The second-order valence-corrected chi connectivity index (χ2v) is 7.97. The third-order valence-electron chi connectivity index (χ3n) is 4.84. The van der Waals surface area contributed by atoms with E-state index in [4.69, 9.17) is 4.42 Å². The molecule has 0 N–H and O–H groups in total. The van der Waals surface area contributed by atoms with Gasteiger partial charge < -0.3 is 9.32 Å². The molecule has 0 radical (unpaired) electrons. The third-order valence-corrected chi connectivity index (χ3v) is 5.70. The Morgan fingerprint density at radius 3 is 2.57 bits per heavy atom. The first-order chi connectivity index (χ1) is 14.5. The molecule has 0 saturated carbocycles. The minimum absolute atomic E-state index is 0.161. The first-order valence-electron chi connectivity index (χ1n) is 9.48. The Kier molecular flexibility index (Phi) is 5.72. The molecule has 1 aromatic heterocycles. The van der Waals surface area contributed by atoms with Gasteiger partial charge in [0.15, 0.2) is 0 Å². The van der Waals surface area contributed by atoms with E-state index < -0.39 is 0 Å². The zero-order valence-electron chi connectivity index (χ0n) is 16.4. The second-order valence-electron chi connectivity index (χ2n) is 7.04. The monoisotopic (exact) mass is 420 g/mol. The summed E-state index contributed by atoms with van der Waals surface area (Å²) in [6.07, 6.45) is 1.58. The maximum absolute atomic E-state index is 13.4. The van der Waals surface area contributed by atoms with Gasteiger partial charge >= 0.3 is 0 Å². The number of furan rings is 1. The van der Waals surface area contributed by atoms with E-state index in [1.165, 1.54) is 4.90 Å². The van der Waals surface area contributed by atoms with Gasteiger partial charge in [0, 0.05) is 11.3 Å². The van der Waals surface area contributed by atoms with Crippen LogP contribution in [0.25, 0.3) is 0 Å². The van der Waals surface area contributed by atoms with Crippen LogP contribution >= 0.6 is 11.8 Å². The highest BCUT2D eigenvalue weighted by Gasteiger charge is 2.30. The van der Waals surface area contributed by atoms with Crippen molar-refractivity contribution < 1.29 is 18.8 Å².